The molecule has 0 atom stereocenters. The number of rotatable bonds is 12. The van der Waals surface area contributed by atoms with E-state index in [-0.39, 0.29) is 5.91 Å². The molecule has 0 saturated carbocycles. The van der Waals surface area contributed by atoms with Crippen molar-refractivity contribution in [3.63, 3.8) is 0 Å². The minimum Gasteiger partial charge on any atom is -0.380 e. The van der Waals surface area contributed by atoms with E-state index >= 15 is 0 Å². The normalized spacial score (nSPS) is 16.5. The lowest BCUT2D eigenvalue weighted by molar-refractivity contribution is -0.120. The maximum atomic E-state index is 11.9. The number of allylic oxidation sites excluding steroid dienone is 5. The number of amidine groups is 1. The molecule has 0 aliphatic carbocycles. The Kier molecular flexibility index (Phi) is 11.3. The third-order valence-electron chi connectivity index (χ3n) is 5.30. The number of thioether (sulfide) groups is 1. The molecule has 0 spiro atoms. The van der Waals surface area contributed by atoms with Crippen LogP contribution >= 0.6 is 11.8 Å². The molecule has 2 heterocycles. The van der Waals surface area contributed by atoms with Crippen molar-refractivity contribution in [1.82, 2.24) is 10.6 Å². The predicted molar refractivity (Wildman–Crippen MR) is 147 cm³/mol. The lowest BCUT2D eigenvalue weighted by Gasteiger charge is -2.11. The van der Waals surface area contributed by atoms with Gasteiger partial charge in [-0.15, -0.1) is 0 Å². The second kappa shape index (κ2) is 15.0. The average molecular weight is 491 g/mol. The third kappa shape index (κ3) is 8.85. The van der Waals surface area contributed by atoms with Crippen LogP contribution in [0.1, 0.15) is 38.2 Å². The van der Waals surface area contributed by atoms with Gasteiger partial charge in [0.25, 0.3) is 0 Å². The van der Waals surface area contributed by atoms with Gasteiger partial charge in [-0.3, -0.25) is 14.8 Å². The minimum atomic E-state index is 0.0113. The average Bonchev–Trinajstić information content (AvgIpc) is 3.23. The Hall–Kier alpha value is -3.16. The van der Waals surface area contributed by atoms with E-state index in [1.807, 2.05) is 37.4 Å². The summed E-state index contributed by atoms with van der Waals surface area (Å²) in [6.45, 7) is 8.31. The van der Waals surface area contributed by atoms with E-state index in [0.717, 1.165) is 46.8 Å². The van der Waals surface area contributed by atoms with E-state index in [4.69, 9.17) is 9.73 Å². The van der Waals surface area contributed by atoms with Crippen LogP contribution in [0.25, 0.3) is 0 Å². The Balaban J connectivity index is 1.64. The Morgan fingerprint density at radius 1 is 1.34 bits per heavy atom. The Morgan fingerprint density at radius 3 is 3.09 bits per heavy atom. The molecule has 7 heteroatoms. The summed E-state index contributed by atoms with van der Waals surface area (Å²) in [6.07, 6.45) is 16.5. The van der Waals surface area contributed by atoms with Crippen molar-refractivity contribution in [3.8, 4) is 0 Å². The van der Waals surface area contributed by atoms with E-state index in [0.29, 0.717) is 32.7 Å². The molecule has 0 fully saturated rings. The molecule has 2 aliphatic heterocycles. The second-order valence-corrected chi connectivity index (χ2v) is 9.04. The SMILES string of the molecule is C=CC1=C(CC/C=C\CC(=O)NCCOCC)Sc2ccccc2C(=NCC2=CN=CC=CC2)N1. The lowest BCUT2D eigenvalue weighted by Crippen LogP contribution is -2.26. The van der Waals surface area contributed by atoms with Gasteiger partial charge in [-0.25, -0.2) is 0 Å². The molecule has 0 aromatic heterocycles. The van der Waals surface area contributed by atoms with Crippen LogP contribution in [0.5, 0.6) is 0 Å². The Labute approximate surface area is 212 Å². The van der Waals surface area contributed by atoms with Crippen molar-refractivity contribution in [2.24, 2.45) is 9.98 Å². The summed E-state index contributed by atoms with van der Waals surface area (Å²) < 4.78 is 5.24. The number of nitrogens with zero attached hydrogens (tertiary/aromatic N) is 2. The number of carbonyl (C=O) groups is 1. The van der Waals surface area contributed by atoms with E-state index < -0.39 is 0 Å². The van der Waals surface area contributed by atoms with E-state index in [1.54, 1.807) is 18.0 Å². The summed E-state index contributed by atoms with van der Waals surface area (Å²) in [6, 6.07) is 8.32. The molecule has 0 radical (unpaired) electrons. The van der Waals surface area contributed by atoms with Crippen molar-refractivity contribution >= 4 is 29.7 Å². The fourth-order valence-electron chi connectivity index (χ4n) is 3.50. The lowest BCUT2D eigenvalue weighted by atomic mass is 10.1. The number of amides is 1. The van der Waals surface area contributed by atoms with Gasteiger partial charge in [-0.2, -0.15) is 0 Å². The fraction of sp³-hybridized carbons (Fsp3) is 0.321. The van der Waals surface area contributed by atoms with Crippen molar-refractivity contribution in [3.05, 3.63) is 89.2 Å². The van der Waals surface area contributed by atoms with Crippen molar-refractivity contribution in [1.29, 1.82) is 0 Å². The zero-order valence-corrected chi connectivity index (χ0v) is 21.2. The monoisotopic (exact) mass is 490 g/mol. The first-order valence-electron chi connectivity index (χ1n) is 12.0. The smallest absolute Gasteiger partial charge is 0.223 e. The first kappa shape index (κ1) is 26.4. The van der Waals surface area contributed by atoms with Gasteiger partial charge in [-0.05, 0) is 50.0 Å². The predicted octanol–water partition coefficient (Wildman–Crippen LogP) is 5.32. The number of ether oxygens (including phenoxy) is 1. The summed E-state index contributed by atoms with van der Waals surface area (Å²) in [7, 11) is 0. The van der Waals surface area contributed by atoms with Crippen molar-refractivity contribution in [2.75, 3.05) is 26.3 Å². The molecule has 0 bridgehead atoms. The number of hydrogen-bond donors (Lipinski definition) is 2. The van der Waals surface area contributed by atoms with Gasteiger partial charge >= 0.3 is 0 Å². The summed E-state index contributed by atoms with van der Waals surface area (Å²) >= 11 is 1.75. The van der Waals surface area contributed by atoms with Gasteiger partial charge in [0.05, 0.1) is 13.2 Å². The largest absolute Gasteiger partial charge is 0.380 e. The molecule has 0 saturated heterocycles. The van der Waals surface area contributed by atoms with Gasteiger partial charge in [0.1, 0.15) is 5.84 Å². The molecule has 1 aromatic carbocycles. The molecule has 1 amide bonds. The van der Waals surface area contributed by atoms with Crippen LogP contribution in [-0.4, -0.2) is 44.3 Å². The van der Waals surface area contributed by atoms with E-state index in [9.17, 15) is 4.79 Å². The third-order valence-corrected chi connectivity index (χ3v) is 6.55. The van der Waals surface area contributed by atoms with Crippen LogP contribution in [0, 0.1) is 0 Å². The minimum absolute atomic E-state index is 0.0113. The molecule has 35 heavy (non-hydrogen) atoms. The summed E-state index contributed by atoms with van der Waals surface area (Å²) in [5, 5.41) is 6.38. The highest BCUT2D eigenvalue weighted by molar-refractivity contribution is 8.03. The van der Waals surface area contributed by atoms with Gasteiger partial charge in [0.15, 0.2) is 0 Å². The van der Waals surface area contributed by atoms with Gasteiger partial charge in [0, 0.05) is 53.0 Å². The van der Waals surface area contributed by atoms with Crippen LogP contribution in [0.15, 0.2) is 98.5 Å². The van der Waals surface area contributed by atoms with Crippen LogP contribution in [0.3, 0.4) is 0 Å². The van der Waals surface area contributed by atoms with Crippen molar-refractivity contribution < 1.29 is 9.53 Å². The van der Waals surface area contributed by atoms with Gasteiger partial charge in [0.2, 0.25) is 5.91 Å². The first-order valence-corrected chi connectivity index (χ1v) is 12.8. The number of hydrogen-bond acceptors (Lipinski definition) is 5. The molecule has 0 unspecified atom stereocenters. The number of aliphatic imine (C=N–C) groups is 2. The van der Waals surface area contributed by atoms with Gasteiger partial charge < -0.3 is 15.4 Å². The fourth-order valence-corrected chi connectivity index (χ4v) is 4.65. The maximum Gasteiger partial charge on any atom is 0.223 e. The van der Waals surface area contributed by atoms with Crippen LogP contribution < -0.4 is 10.6 Å². The quantitative estimate of drug-likeness (QED) is 0.307. The summed E-state index contributed by atoms with van der Waals surface area (Å²) in [5.41, 5.74) is 3.22. The zero-order chi connectivity index (χ0) is 24.7. The Bertz CT molecular complexity index is 1070. The molecule has 2 aliphatic rings. The zero-order valence-electron chi connectivity index (χ0n) is 20.3. The number of fused-ring (bicyclic) bond motifs is 1. The van der Waals surface area contributed by atoms with Crippen molar-refractivity contribution in [2.45, 2.75) is 37.5 Å². The van der Waals surface area contributed by atoms with E-state index in [2.05, 4.69) is 52.6 Å². The van der Waals surface area contributed by atoms with E-state index in [1.165, 1.54) is 4.91 Å². The molecule has 184 valence electrons. The topological polar surface area (TPSA) is 75.1 Å². The summed E-state index contributed by atoms with van der Waals surface area (Å²) in [5.74, 6) is 0.854. The number of benzene rings is 1. The first-order chi connectivity index (χ1) is 17.2. The molecular weight excluding hydrogens is 456 g/mol. The maximum absolute atomic E-state index is 11.9. The number of carbonyl (C=O) groups excluding carboxylic acids is 1. The van der Waals surface area contributed by atoms with Gasteiger partial charge in [-0.1, -0.05) is 54.8 Å². The van der Waals surface area contributed by atoms with Crippen LogP contribution in [0.2, 0.25) is 0 Å². The highest BCUT2D eigenvalue weighted by Crippen LogP contribution is 2.36. The molecule has 6 nitrogen and oxygen atoms in total. The van der Waals surface area contributed by atoms with Crippen LogP contribution in [0.4, 0.5) is 0 Å². The highest BCUT2D eigenvalue weighted by Gasteiger charge is 2.19. The Morgan fingerprint density at radius 2 is 2.23 bits per heavy atom. The number of nitrogens with one attached hydrogen (secondary N) is 2. The molecule has 3 rings (SSSR count). The second-order valence-electron chi connectivity index (χ2n) is 7.91. The highest BCUT2D eigenvalue weighted by atomic mass is 32.2. The molecule has 1 aromatic rings. The molecule has 2 N–H and O–H groups in total. The van der Waals surface area contributed by atoms with Crippen LogP contribution in [-0.2, 0) is 9.53 Å². The summed E-state index contributed by atoms with van der Waals surface area (Å²) in [4.78, 5) is 23.4. The standard InChI is InChI=1S/C28H34N4O2S/c1-3-24-26(15-6-5-7-16-27(33)30-18-19-34-4-2)35-25-14-9-8-13-23(25)28(32-24)31-21-22-12-10-11-17-29-20-22/h3,5,7-11,13-14,17,20H,1,4,6,12,15-16,18-19,21H2,2H3,(H,30,33)(H,31,32)/b7-5-. The molecular formula is C28H34N4O2S.